The highest BCUT2D eigenvalue weighted by molar-refractivity contribution is 5.74. The van der Waals surface area contributed by atoms with Gasteiger partial charge in [-0.25, -0.2) is 4.79 Å². The maximum Gasteiger partial charge on any atom is 0.337 e. The Labute approximate surface area is 73.8 Å². The van der Waals surface area contributed by atoms with Crippen LogP contribution in [0.2, 0.25) is 0 Å². The predicted octanol–water partition coefficient (Wildman–Crippen LogP) is -0.00450. The first-order valence-corrected chi connectivity index (χ1v) is 3.47. The van der Waals surface area contributed by atoms with E-state index < -0.39 is 12.6 Å². The van der Waals surface area contributed by atoms with Crippen LogP contribution in [0.15, 0.2) is 18.2 Å². The van der Waals surface area contributed by atoms with Crippen molar-refractivity contribution in [1.82, 2.24) is 0 Å². The SMILES string of the molecule is O=C(CO)Oc1ccc(O)cc1O. The average Bonchev–Trinajstić information content (AvgIpc) is 2.09. The van der Waals surface area contributed by atoms with Gasteiger partial charge in [0.05, 0.1) is 0 Å². The summed E-state index contributed by atoms with van der Waals surface area (Å²) in [5.41, 5.74) is 0. The fourth-order valence-corrected chi connectivity index (χ4v) is 0.747. The van der Waals surface area contributed by atoms with Crippen molar-refractivity contribution in [1.29, 1.82) is 0 Å². The zero-order chi connectivity index (χ0) is 9.84. The van der Waals surface area contributed by atoms with Crippen molar-refractivity contribution in [3.05, 3.63) is 18.2 Å². The highest BCUT2D eigenvalue weighted by Gasteiger charge is 2.07. The molecule has 0 bridgehead atoms. The summed E-state index contributed by atoms with van der Waals surface area (Å²) in [5.74, 6) is -1.47. The molecule has 1 aromatic rings. The van der Waals surface area contributed by atoms with E-state index in [1.807, 2.05) is 0 Å². The van der Waals surface area contributed by atoms with Gasteiger partial charge in [0, 0.05) is 6.07 Å². The van der Waals surface area contributed by atoms with Crippen LogP contribution in [0.1, 0.15) is 0 Å². The molecule has 0 aliphatic rings. The number of carbonyl (C=O) groups excluding carboxylic acids is 1. The fourth-order valence-electron chi connectivity index (χ4n) is 0.747. The van der Waals surface area contributed by atoms with E-state index in [1.54, 1.807) is 0 Å². The molecule has 13 heavy (non-hydrogen) atoms. The molecule has 0 fully saturated rings. The summed E-state index contributed by atoms with van der Waals surface area (Å²) in [7, 11) is 0. The maximum atomic E-state index is 10.6. The van der Waals surface area contributed by atoms with Crippen molar-refractivity contribution in [2.24, 2.45) is 0 Å². The number of rotatable bonds is 2. The van der Waals surface area contributed by atoms with Crippen molar-refractivity contribution < 1.29 is 24.9 Å². The molecule has 0 aliphatic heterocycles. The summed E-state index contributed by atoms with van der Waals surface area (Å²) in [5, 5.41) is 26.3. The van der Waals surface area contributed by atoms with E-state index in [4.69, 9.17) is 15.3 Å². The molecule has 3 N–H and O–H groups in total. The lowest BCUT2D eigenvalue weighted by Gasteiger charge is -2.04. The minimum atomic E-state index is -0.874. The molecule has 0 spiro atoms. The zero-order valence-electron chi connectivity index (χ0n) is 6.60. The van der Waals surface area contributed by atoms with Crippen LogP contribution in [0.4, 0.5) is 0 Å². The van der Waals surface area contributed by atoms with Gasteiger partial charge in [0.15, 0.2) is 11.5 Å². The molecular weight excluding hydrogens is 176 g/mol. The van der Waals surface area contributed by atoms with Gasteiger partial charge in [0.1, 0.15) is 12.4 Å². The molecule has 0 amide bonds. The van der Waals surface area contributed by atoms with Gasteiger partial charge in [-0.15, -0.1) is 0 Å². The molecule has 5 nitrogen and oxygen atoms in total. The molecule has 0 aliphatic carbocycles. The number of aromatic hydroxyl groups is 2. The van der Waals surface area contributed by atoms with E-state index in [0.29, 0.717) is 0 Å². The molecule has 0 atom stereocenters. The first kappa shape index (κ1) is 9.34. The Kier molecular flexibility index (Phi) is 2.71. The number of hydrogen-bond acceptors (Lipinski definition) is 5. The first-order valence-electron chi connectivity index (χ1n) is 3.47. The molecule has 0 saturated carbocycles. The summed E-state index contributed by atoms with van der Waals surface area (Å²) >= 11 is 0. The van der Waals surface area contributed by atoms with Crippen LogP contribution >= 0.6 is 0 Å². The van der Waals surface area contributed by atoms with Crippen LogP contribution in [0.5, 0.6) is 17.2 Å². The van der Waals surface area contributed by atoms with Crippen molar-refractivity contribution in [2.45, 2.75) is 0 Å². The van der Waals surface area contributed by atoms with Crippen molar-refractivity contribution in [3.8, 4) is 17.2 Å². The molecule has 1 aromatic carbocycles. The quantitative estimate of drug-likeness (QED) is 0.444. The van der Waals surface area contributed by atoms with Crippen LogP contribution in [0, 0.1) is 0 Å². The number of carbonyl (C=O) groups is 1. The van der Waals surface area contributed by atoms with Gasteiger partial charge >= 0.3 is 5.97 Å². The van der Waals surface area contributed by atoms with Crippen molar-refractivity contribution >= 4 is 5.97 Å². The van der Waals surface area contributed by atoms with Gasteiger partial charge in [-0.1, -0.05) is 0 Å². The maximum absolute atomic E-state index is 10.6. The Hall–Kier alpha value is -1.75. The number of hydrogen-bond donors (Lipinski definition) is 3. The third-order valence-corrected chi connectivity index (χ3v) is 1.30. The third kappa shape index (κ3) is 2.34. The summed E-state index contributed by atoms with van der Waals surface area (Å²) < 4.78 is 4.50. The lowest BCUT2D eigenvalue weighted by atomic mass is 10.3. The number of aliphatic hydroxyl groups excluding tert-OH is 1. The molecule has 0 aromatic heterocycles. The van der Waals surface area contributed by atoms with Crippen LogP contribution < -0.4 is 4.74 Å². The minimum absolute atomic E-state index is 0.100. The van der Waals surface area contributed by atoms with Crippen LogP contribution in [-0.2, 0) is 4.79 Å². The lowest BCUT2D eigenvalue weighted by molar-refractivity contribution is -0.137. The van der Waals surface area contributed by atoms with Crippen LogP contribution in [0.3, 0.4) is 0 Å². The highest BCUT2D eigenvalue weighted by Crippen LogP contribution is 2.29. The van der Waals surface area contributed by atoms with Gasteiger partial charge in [0.25, 0.3) is 0 Å². The second-order valence-electron chi connectivity index (χ2n) is 2.28. The second kappa shape index (κ2) is 3.77. The predicted molar refractivity (Wildman–Crippen MR) is 42.5 cm³/mol. The molecule has 70 valence electrons. The largest absolute Gasteiger partial charge is 0.508 e. The lowest BCUT2D eigenvalue weighted by Crippen LogP contribution is -2.12. The molecule has 0 unspecified atom stereocenters. The molecular formula is C8H8O5. The monoisotopic (exact) mass is 184 g/mol. The van der Waals surface area contributed by atoms with Gasteiger partial charge in [-0.2, -0.15) is 0 Å². The first-order chi connectivity index (χ1) is 6.13. The molecule has 0 heterocycles. The number of esters is 1. The number of ether oxygens (including phenoxy) is 1. The van der Waals surface area contributed by atoms with Crippen LogP contribution in [0.25, 0.3) is 0 Å². The number of phenols is 2. The standard InChI is InChI=1S/C8H8O5/c9-4-8(12)13-7-2-1-5(10)3-6(7)11/h1-3,9-11H,4H2. The van der Waals surface area contributed by atoms with Crippen molar-refractivity contribution in [2.75, 3.05) is 6.61 Å². The second-order valence-corrected chi connectivity index (χ2v) is 2.28. The number of benzene rings is 1. The van der Waals surface area contributed by atoms with E-state index in [-0.39, 0.29) is 17.2 Å². The Morgan fingerprint density at radius 2 is 2.08 bits per heavy atom. The summed E-state index contributed by atoms with van der Waals surface area (Å²) in [6.45, 7) is -0.764. The zero-order valence-corrected chi connectivity index (χ0v) is 6.60. The van der Waals surface area contributed by atoms with E-state index in [9.17, 15) is 4.79 Å². The third-order valence-electron chi connectivity index (χ3n) is 1.30. The fraction of sp³-hybridized carbons (Fsp3) is 0.125. The average molecular weight is 184 g/mol. The molecule has 1 rings (SSSR count). The van der Waals surface area contributed by atoms with E-state index in [0.717, 1.165) is 6.07 Å². The summed E-state index contributed by atoms with van der Waals surface area (Å²) in [6, 6.07) is 3.50. The highest BCUT2D eigenvalue weighted by atomic mass is 16.6. The number of phenolic OH excluding ortho intramolecular Hbond substituents is 2. The van der Waals surface area contributed by atoms with Gasteiger partial charge in [-0.05, 0) is 12.1 Å². The van der Waals surface area contributed by atoms with Crippen LogP contribution in [-0.4, -0.2) is 27.9 Å². The minimum Gasteiger partial charge on any atom is -0.508 e. The smallest absolute Gasteiger partial charge is 0.337 e. The molecule has 0 saturated heterocycles. The summed E-state index contributed by atoms with van der Waals surface area (Å²) in [4.78, 5) is 10.6. The van der Waals surface area contributed by atoms with E-state index in [1.165, 1.54) is 12.1 Å². The molecule has 5 heteroatoms. The van der Waals surface area contributed by atoms with E-state index in [2.05, 4.69) is 4.74 Å². The van der Waals surface area contributed by atoms with Gasteiger partial charge in [0.2, 0.25) is 0 Å². The Morgan fingerprint density at radius 1 is 1.38 bits per heavy atom. The van der Waals surface area contributed by atoms with Gasteiger partial charge < -0.3 is 20.1 Å². The number of aliphatic hydroxyl groups is 1. The van der Waals surface area contributed by atoms with Gasteiger partial charge in [-0.3, -0.25) is 0 Å². The topological polar surface area (TPSA) is 87.0 Å². The summed E-state index contributed by atoms with van der Waals surface area (Å²) in [6.07, 6.45) is 0. The Morgan fingerprint density at radius 3 is 2.62 bits per heavy atom. The van der Waals surface area contributed by atoms with E-state index >= 15 is 0 Å². The van der Waals surface area contributed by atoms with Crippen molar-refractivity contribution in [3.63, 3.8) is 0 Å². The normalized spacial score (nSPS) is 9.62. The molecule has 0 radical (unpaired) electrons. The Bertz CT molecular complexity index is 320. The Balaban J connectivity index is 2.83.